The Bertz CT molecular complexity index is 630. The maximum absolute atomic E-state index is 6.14. The van der Waals surface area contributed by atoms with Crippen molar-refractivity contribution in [2.75, 3.05) is 0 Å². The van der Waals surface area contributed by atoms with Crippen LogP contribution in [0.2, 0.25) is 5.02 Å². The van der Waals surface area contributed by atoms with Gasteiger partial charge in [-0.15, -0.1) is 0 Å². The number of nitrogens with zero attached hydrogens (tertiary/aromatic N) is 2. The summed E-state index contributed by atoms with van der Waals surface area (Å²) in [6.45, 7) is 0. The molecule has 0 amide bonds. The lowest BCUT2D eigenvalue weighted by atomic mass is 10.2. The summed E-state index contributed by atoms with van der Waals surface area (Å²) in [5.74, 6) is 0.885. The summed E-state index contributed by atoms with van der Waals surface area (Å²) in [5.41, 5.74) is 1.01. The number of hydrogen-bond acceptors (Lipinski definition) is 2. The van der Waals surface area contributed by atoms with E-state index in [1.165, 1.54) is 12.8 Å². The fraction of sp³-hybridized carbons (Fsp3) is 0.273. The van der Waals surface area contributed by atoms with Crippen LogP contribution in [0, 0.1) is 8.34 Å². The lowest BCUT2D eigenvalue weighted by Crippen LogP contribution is -1.97. The van der Waals surface area contributed by atoms with Crippen molar-refractivity contribution < 1.29 is 0 Å². The molecule has 0 atom stereocenters. The van der Waals surface area contributed by atoms with Gasteiger partial charge in [-0.25, -0.2) is 0 Å². The molecule has 0 aliphatic heterocycles. The molecule has 1 aliphatic rings. The monoisotopic (exact) mass is 377 g/mol. The third-order valence-electron chi connectivity index (χ3n) is 2.79. The molecule has 1 aromatic carbocycles. The van der Waals surface area contributed by atoms with Crippen LogP contribution in [0.25, 0.3) is 11.4 Å². The van der Waals surface area contributed by atoms with E-state index in [4.69, 9.17) is 23.8 Å². The molecule has 6 heteroatoms. The van der Waals surface area contributed by atoms with Crippen molar-refractivity contribution >= 4 is 46.4 Å². The standard InChI is InChI=1S/C11H9ClIN3S/c12-8-5-6(1-4-9(8)13)10-14-15-11(17)16(10)7-2-3-7/h1,4-5,7H,2-3H2,(H,15,17). The topological polar surface area (TPSA) is 33.6 Å². The van der Waals surface area contributed by atoms with Gasteiger partial charge in [-0.3, -0.25) is 9.67 Å². The minimum Gasteiger partial charge on any atom is -0.297 e. The number of rotatable bonds is 2. The molecular formula is C11H9ClIN3S. The van der Waals surface area contributed by atoms with E-state index in [1.54, 1.807) is 0 Å². The third-order valence-corrected chi connectivity index (χ3v) is 4.65. The van der Waals surface area contributed by atoms with Crippen molar-refractivity contribution in [2.45, 2.75) is 18.9 Å². The molecule has 0 unspecified atom stereocenters. The van der Waals surface area contributed by atoms with Crippen LogP contribution >= 0.6 is 46.4 Å². The molecule has 3 nitrogen and oxygen atoms in total. The van der Waals surface area contributed by atoms with E-state index < -0.39 is 0 Å². The van der Waals surface area contributed by atoms with Crippen molar-refractivity contribution in [3.63, 3.8) is 0 Å². The second-order valence-corrected chi connectivity index (χ2v) is 6.04. The predicted molar refractivity (Wildman–Crippen MR) is 78.8 cm³/mol. The second-order valence-electron chi connectivity index (χ2n) is 4.08. The Balaban J connectivity index is 2.14. The summed E-state index contributed by atoms with van der Waals surface area (Å²) < 4.78 is 3.82. The molecule has 1 fully saturated rings. The Labute approximate surface area is 122 Å². The van der Waals surface area contributed by atoms with Gasteiger partial charge < -0.3 is 0 Å². The predicted octanol–water partition coefficient (Wildman–Crippen LogP) is 4.20. The Morgan fingerprint density at radius 2 is 2.24 bits per heavy atom. The fourth-order valence-corrected chi connectivity index (χ4v) is 2.61. The molecular weight excluding hydrogens is 369 g/mol. The lowest BCUT2D eigenvalue weighted by Gasteiger charge is -2.05. The largest absolute Gasteiger partial charge is 0.297 e. The molecule has 0 bridgehead atoms. The van der Waals surface area contributed by atoms with Crippen molar-refractivity contribution in [3.05, 3.63) is 31.6 Å². The highest BCUT2D eigenvalue weighted by Crippen LogP contribution is 2.38. The summed E-state index contributed by atoms with van der Waals surface area (Å²) in [6, 6.07) is 6.46. The maximum Gasteiger partial charge on any atom is 0.195 e. The van der Waals surface area contributed by atoms with Gasteiger partial charge in [0.2, 0.25) is 0 Å². The number of aromatic amines is 1. The number of halogens is 2. The Hall–Kier alpha value is -0.400. The molecule has 1 aromatic heterocycles. The van der Waals surface area contributed by atoms with E-state index in [0.717, 1.165) is 20.0 Å². The molecule has 1 heterocycles. The molecule has 1 aliphatic carbocycles. The van der Waals surface area contributed by atoms with Gasteiger partial charge in [0.15, 0.2) is 10.6 Å². The summed E-state index contributed by atoms with van der Waals surface area (Å²) in [4.78, 5) is 0. The molecule has 0 saturated heterocycles. The van der Waals surface area contributed by atoms with Crippen molar-refractivity contribution in [3.8, 4) is 11.4 Å². The van der Waals surface area contributed by atoms with E-state index in [-0.39, 0.29) is 0 Å². The van der Waals surface area contributed by atoms with Gasteiger partial charge in [0, 0.05) is 15.2 Å². The molecule has 1 N–H and O–H groups in total. The number of hydrogen-bond donors (Lipinski definition) is 1. The number of benzene rings is 1. The van der Waals surface area contributed by atoms with Crippen LogP contribution in [-0.4, -0.2) is 14.8 Å². The number of nitrogens with one attached hydrogen (secondary N) is 1. The normalized spacial score (nSPS) is 15.2. The highest BCUT2D eigenvalue weighted by Gasteiger charge is 2.27. The van der Waals surface area contributed by atoms with E-state index in [1.807, 2.05) is 18.2 Å². The Morgan fingerprint density at radius 3 is 2.88 bits per heavy atom. The van der Waals surface area contributed by atoms with Crippen LogP contribution in [0.1, 0.15) is 18.9 Å². The summed E-state index contributed by atoms with van der Waals surface area (Å²) in [6.07, 6.45) is 2.36. The van der Waals surface area contributed by atoms with Crippen LogP contribution in [0.3, 0.4) is 0 Å². The zero-order valence-electron chi connectivity index (χ0n) is 8.78. The van der Waals surface area contributed by atoms with Gasteiger partial charge in [-0.2, -0.15) is 5.10 Å². The SMILES string of the molecule is S=c1[nH]nc(-c2ccc(I)c(Cl)c2)n1C1CC1. The van der Waals surface area contributed by atoms with Gasteiger partial charge in [-0.05, 0) is 59.8 Å². The molecule has 0 radical (unpaired) electrons. The molecule has 0 spiro atoms. The van der Waals surface area contributed by atoms with Crippen molar-refractivity contribution in [2.24, 2.45) is 0 Å². The van der Waals surface area contributed by atoms with Crippen molar-refractivity contribution in [1.82, 2.24) is 14.8 Å². The molecule has 1 saturated carbocycles. The Kier molecular flexibility index (Phi) is 3.00. The fourth-order valence-electron chi connectivity index (χ4n) is 1.82. The van der Waals surface area contributed by atoms with Gasteiger partial charge in [0.1, 0.15) is 0 Å². The first-order valence-corrected chi connectivity index (χ1v) is 7.15. The van der Waals surface area contributed by atoms with Gasteiger partial charge in [0.25, 0.3) is 0 Å². The minimum atomic E-state index is 0.509. The molecule has 3 rings (SSSR count). The molecule has 2 aromatic rings. The van der Waals surface area contributed by atoms with E-state index in [2.05, 4.69) is 37.4 Å². The van der Waals surface area contributed by atoms with Crippen LogP contribution in [0.4, 0.5) is 0 Å². The average Bonchev–Trinajstić information content (AvgIpc) is 3.06. The van der Waals surface area contributed by atoms with Crippen molar-refractivity contribution in [1.29, 1.82) is 0 Å². The second kappa shape index (κ2) is 4.37. The minimum absolute atomic E-state index is 0.509. The van der Waals surface area contributed by atoms with Crippen LogP contribution in [0.5, 0.6) is 0 Å². The van der Waals surface area contributed by atoms with Crippen LogP contribution in [-0.2, 0) is 0 Å². The third kappa shape index (κ3) is 2.15. The summed E-state index contributed by atoms with van der Waals surface area (Å²) >= 11 is 13.6. The first-order chi connectivity index (χ1) is 8.16. The maximum atomic E-state index is 6.14. The first-order valence-electron chi connectivity index (χ1n) is 5.29. The smallest absolute Gasteiger partial charge is 0.195 e. The highest BCUT2D eigenvalue weighted by atomic mass is 127. The number of aromatic nitrogens is 3. The highest BCUT2D eigenvalue weighted by molar-refractivity contribution is 14.1. The zero-order chi connectivity index (χ0) is 12.0. The van der Waals surface area contributed by atoms with E-state index in [9.17, 15) is 0 Å². The molecule has 88 valence electrons. The Morgan fingerprint density at radius 1 is 1.47 bits per heavy atom. The molecule has 17 heavy (non-hydrogen) atoms. The van der Waals surface area contributed by atoms with E-state index in [0.29, 0.717) is 10.8 Å². The quantitative estimate of drug-likeness (QED) is 0.628. The van der Waals surface area contributed by atoms with Crippen LogP contribution < -0.4 is 0 Å². The average molecular weight is 378 g/mol. The van der Waals surface area contributed by atoms with Gasteiger partial charge in [-0.1, -0.05) is 17.7 Å². The summed E-state index contributed by atoms with van der Waals surface area (Å²) in [7, 11) is 0. The number of H-pyrrole nitrogens is 1. The lowest BCUT2D eigenvalue weighted by molar-refractivity contribution is 0.735. The first kappa shape index (κ1) is 11.7. The van der Waals surface area contributed by atoms with E-state index >= 15 is 0 Å². The van der Waals surface area contributed by atoms with Crippen LogP contribution in [0.15, 0.2) is 18.2 Å². The van der Waals surface area contributed by atoms with Gasteiger partial charge in [0.05, 0.1) is 5.02 Å². The zero-order valence-corrected chi connectivity index (χ0v) is 12.5. The van der Waals surface area contributed by atoms with Gasteiger partial charge >= 0.3 is 0 Å². The summed E-state index contributed by atoms with van der Waals surface area (Å²) in [5, 5.41) is 7.91.